The average molecular weight is 335 g/mol. The van der Waals surface area contributed by atoms with Crippen LogP contribution in [0.1, 0.15) is 78.1 Å². The maximum absolute atomic E-state index is 8.74. The minimum absolute atomic E-state index is 0.872. The maximum atomic E-state index is 8.74. The maximum Gasteiger partial charge on any atom is 0.394 e. The van der Waals surface area contributed by atoms with Gasteiger partial charge in [0.15, 0.2) is 0 Å². The van der Waals surface area contributed by atoms with Gasteiger partial charge in [0.1, 0.15) is 0 Å². The van der Waals surface area contributed by atoms with Crippen molar-refractivity contribution in [2.24, 2.45) is 5.73 Å². The zero-order valence-corrected chi connectivity index (χ0v) is 17.0. The Kier molecular flexibility index (Phi) is 29.4. The molecular formula is C14H34NNaO4S. The molecule has 0 radical (unpaired) electrons. The molecule has 4 N–H and O–H groups in total. The number of hydrogen-bond donors (Lipinski definition) is 3. The van der Waals surface area contributed by atoms with Gasteiger partial charge in [-0.15, -0.1) is 0 Å². The van der Waals surface area contributed by atoms with Crippen molar-refractivity contribution < 1.29 is 17.5 Å². The third-order valence-corrected chi connectivity index (χ3v) is 2.56. The molecule has 0 amide bonds. The number of hydrogen-bond acceptors (Lipinski definition) is 3. The van der Waals surface area contributed by atoms with Crippen molar-refractivity contribution in [1.82, 2.24) is 0 Å². The van der Waals surface area contributed by atoms with Crippen LogP contribution in [0.4, 0.5) is 0 Å². The second kappa shape index (κ2) is 23.1. The third kappa shape index (κ3) is 63.0. The van der Waals surface area contributed by atoms with Gasteiger partial charge in [-0.3, -0.25) is 9.11 Å². The Bertz CT molecular complexity index is 244. The first-order valence-electron chi connectivity index (χ1n) is 8.23. The minimum Gasteiger partial charge on any atom is -0.264 e. The minimum atomic E-state index is -4.67. The van der Waals surface area contributed by atoms with Crippen molar-refractivity contribution in [3.8, 4) is 0 Å². The quantitative estimate of drug-likeness (QED) is 0.320. The fourth-order valence-corrected chi connectivity index (χ4v) is 1.63. The molecule has 0 aromatic carbocycles. The Balaban J connectivity index is -0.000000335. The van der Waals surface area contributed by atoms with Crippen molar-refractivity contribution in [2.45, 2.75) is 81.7 Å². The Morgan fingerprint density at radius 2 is 1.05 bits per heavy atom. The smallest absolute Gasteiger partial charge is 0.264 e. The molecule has 0 atom stereocenters. The molecule has 0 saturated heterocycles. The van der Waals surface area contributed by atoms with Crippen molar-refractivity contribution in [1.29, 1.82) is 0 Å². The molecule has 0 fully saturated rings. The van der Waals surface area contributed by atoms with Crippen molar-refractivity contribution in [2.75, 3.05) is 6.54 Å². The molecule has 5 nitrogen and oxygen atoms in total. The number of nitrogens with two attached hydrogens (primary N) is 1. The number of rotatable bonds is 10. The first kappa shape index (κ1) is 26.7. The van der Waals surface area contributed by atoms with Gasteiger partial charge in [-0.25, -0.2) is 0 Å². The van der Waals surface area contributed by atoms with Gasteiger partial charge in [-0.05, 0) is 13.0 Å². The van der Waals surface area contributed by atoms with Crippen LogP contribution in [0.25, 0.3) is 0 Å². The van der Waals surface area contributed by atoms with Crippen LogP contribution >= 0.6 is 0 Å². The van der Waals surface area contributed by atoms with E-state index in [9.17, 15) is 0 Å². The molecule has 0 heterocycles. The molecule has 0 spiro atoms. The van der Waals surface area contributed by atoms with E-state index in [0.717, 1.165) is 6.54 Å². The molecule has 0 rings (SSSR count). The van der Waals surface area contributed by atoms with E-state index in [1.165, 1.54) is 95.8 Å². The monoisotopic (exact) mass is 335 g/mol. The summed E-state index contributed by atoms with van der Waals surface area (Å²) in [6.07, 6.45) is 13.9. The van der Waals surface area contributed by atoms with Gasteiger partial charge in [0.05, 0.1) is 0 Å². The molecule has 0 aromatic rings. The van der Waals surface area contributed by atoms with Gasteiger partial charge < -0.3 is 5.73 Å². The first-order valence-corrected chi connectivity index (χ1v) is 11.0. The second-order valence-electron chi connectivity index (χ2n) is 5.13. The van der Waals surface area contributed by atoms with Crippen LogP contribution in [0.5, 0.6) is 0 Å². The Morgan fingerprint density at radius 1 is 0.810 bits per heavy atom. The van der Waals surface area contributed by atoms with Crippen LogP contribution in [0.15, 0.2) is 0 Å². The summed E-state index contributed by atoms with van der Waals surface area (Å²) in [5.41, 5.74) is 5.42. The first-order chi connectivity index (χ1) is 9.83. The summed E-state index contributed by atoms with van der Waals surface area (Å²) in [6, 6.07) is 0. The molecule has 21 heavy (non-hydrogen) atoms. The summed E-state index contributed by atoms with van der Waals surface area (Å²) >= 11 is 1.37. The van der Waals surface area contributed by atoms with Gasteiger partial charge in [0.2, 0.25) is 0 Å². The molecule has 0 aliphatic heterocycles. The normalized spacial score (nSPS) is 10.2. The zero-order valence-electron chi connectivity index (χ0n) is 14.2. The summed E-state index contributed by atoms with van der Waals surface area (Å²) in [5, 5.41) is 0. The Morgan fingerprint density at radius 3 is 1.29 bits per heavy atom. The fraction of sp³-hybridized carbons (Fsp3) is 1.00. The van der Waals surface area contributed by atoms with Gasteiger partial charge in [0.25, 0.3) is 0 Å². The summed E-state index contributed by atoms with van der Waals surface area (Å²) in [5.74, 6) is 0. The fourth-order valence-electron chi connectivity index (χ4n) is 1.63. The predicted octanol–water partition coefficient (Wildman–Crippen LogP) is 3.81. The van der Waals surface area contributed by atoms with Gasteiger partial charge in [-0.2, -0.15) is 8.42 Å². The van der Waals surface area contributed by atoms with Crippen LogP contribution in [0, 0.1) is 0 Å². The largest absolute Gasteiger partial charge is 0.394 e. The van der Waals surface area contributed by atoms with Gasteiger partial charge >= 0.3 is 48.9 Å². The van der Waals surface area contributed by atoms with Crippen LogP contribution in [0.3, 0.4) is 0 Å². The van der Waals surface area contributed by atoms with Crippen molar-refractivity contribution >= 4 is 38.3 Å². The van der Waals surface area contributed by atoms with E-state index in [4.69, 9.17) is 23.3 Å². The predicted molar refractivity (Wildman–Crippen MR) is 91.3 cm³/mol. The van der Waals surface area contributed by atoms with E-state index in [2.05, 4.69) is 13.8 Å². The summed E-state index contributed by atoms with van der Waals surface area (Å²) in [6.45, 7) is 5.33. The molecule has 0 bridgehead atoms. The van der Waals surface area contributed by atoms with Crippen LogP contribution in [0.2, 0.25) is 3.67 Å². The summed E-state index contributed by atoms with van der Waals surface area (Å²) < 4.78 is 33.0. The second-order valence-corrected chi connectivity index (χ2v) is 7.44. The molecule has 0 unspecified atom stereocenters. The van der Waals surface area contributed by atoms with E-state index in [1.54, 1.807) is 0 Å². The molecular weight excluding hydrogens is 301 g/mol. The molecule has 0 saturated carbocycles. The Hall–Kier alpha value is 0.830. The average Bonchev–Trinajstić information content (AvgIpc) is 2.36. The number of unbranched alkanes of at least 4 members (excludes halogenated alkanes) is 9. The summed E-state index contributed by atoms with van der Waals surface area (Å²) in [4.78, 5) is 0. The van der Waals surface area contributed by atoms with Crippen LogP contribution in [-0.2, 0) is 10.4 Å². The van der Waals surface area contributed by atoms with E-state index in [0.29, 0.717) is 0 Å². The topological polar surface area (TPSA) is 101 Å². The van der Waals surface area contributed by atoms with E-state index in [-0.39, 0.29) is 0 Å². The third-order valence-electron chi connectivity index (χ3n) is 2.56. The van der Waals surface area contributed by atoms with E-state index >= 15 is 0 Å². The van der Waals surface area contributed by atoms with E-state index < -0.39 is 10.4 Å². The van der Waals surface area contributed by atoms with Crippen LogP contribution in [-0.4, -0.2) is 52.0 Å². The summed E-state index contributed by atoms with van der Waals surface area (Å²) in [7, 11) is -4.67. The van der Waals surface area contributed by atoms with Crippen LogP contribution < -0.4 is 5.73 Å². The van der Waals surface area contributed by atoms with Gasteiger partial charge in [0, 0.05) is 0 Å². The van der Waals surface area contributed by atoms with Crippen molar-refractivity contribution in [3.05, 3.63) is 0 Å². The van der Waals surface area contributed by atoms with Crippen molar-refractivity contribution in [3.63, 3.8) is 0 Å². The molecule has 126 valence electrons. The Labute approximate surface area is 149 Å². The SMILES string of the molecule is CCCCCCCCCCCCN.C[CH2][Na].O=S(=O)(O)O. The molecule has 0 aliphatic carbocycles. The van der Waals surface area contributed by atoms with E-state index in [1.807, 2.05) is 0 Å². The standard InChI is InChI=1S/C12H27N.C2H5.Na.H2O4S/c1-2-3-4-5-6-7-8-9-10-11-12-13;1-2;;1-5(2,3)4/h2-13H2,1H3;1H2,2H3;;(H2,1,2,3,4). The van der Waals surface area contributed by atoms with Gasteiger partial charge in [-0.1, -0.05) is 64.7 Å². The molecule has 0 aliphatic rings. The molecule has 7 heteroatoms. The molecule has 0 aromatic heterocycles. The zero-order chi connectivity index (χ0) is 17.0.